The first-order valence-corrected chi connectivity index (χ1v) is 7.00. The van der Waals surface area contributed by atoms with Gasteiger partial charge in [-0.15, -0.1) is 11.8 Å². The van der Waals surface area contributed by atoms with Crippen LogP contribution in [0.4, 0.5) is 0 Å². The summed E-state index contributed by atoms with van der Waals surface area (Å²) in [5.74, 6) is -0.182. The van der Waals surface area contributed by atoms with Gasteiger partial charge in [0, 0.05) is 18.1 Å². The molecular weight excluding hydrogens is 272 g/mol. The van der Waals surface area contributed by atoms with Gasteiger partial charge in [-0.3, -0.25) is 4.79 Å². The van der Waals surface area contributed by atoms with Crippen molar-refractivity contribution in [2.75, 3.05) is 0 Å². The number of fused-ring (bicyclic) bond motifs is 1. The second-order valence-corrected chi connectivity index (χ2v) is 5.52. The molecule has 0 aromatic carbocycles. The monoisotopic (exact) mass is 284 g/mol. The number of aliphatic carboxylic acids is 1. The number of halogens is 1. The lowest BCUT2D eigenvalue weighted by atomic mass is 10.3. The highest BCUT2D eigenvalue weighted by atomic mass is 35.5. The molecule has 0 radical (unpaired) electrons. The van der Waals surface area contributed by atoms with Gasteiger partial charge in [-0.2, -0.15) is 0 Å². The number of aromatic nitrogens is 2. The Morgan fingerprint density at radius 2 is 2.33 bits per heavy atom. The lowest BCUT2D eigenvalue weighted by Gasteiger charge is -2.07. The molecular formula is C12H13ClN2O2S. The van der Waals surface area contributed by atoms with E-state index < -0.39 is 5.97 Å². The molecule has 0 aliphatic carbocycles. The van der Waals surface area contributed by atoms with Crippen LogP contribution in [0.25, 0.3) is 5.65 Å². The number of carboxylic acid groups (broad SMARTS) is 1. The second-order valence-electron chi connectivity index (χ2n) is 3.89. The molecule has 2 aromatic heterocycles. The van der Waals surface area contributed by atoms with E-state index in [0.29, 0.717) is 17.2 Å². The van der Waals surface area contributed by atoms with E-state index >= 15 is 0 Å². The second kappa shape index (κ2) is 5.63. The summed E-state index contributed by atoms with van der Waals surface area (Å²) in [5, 5.41) is 9.24. The third-order valence-electron chi connectivity index (χ3n) is 2.54. The minimum Gasteiger partial charge on any atom is -0.480 e. The summed E-state index contributed by atoms with van der Waals surface area (Å²) in [6.07, 6.45) is 4.27. The molecule has 4 nitrogen and oxygen atoms in total. The highest BCUT2D eigenvalue weighted by Gasteiger charge is 2.16. The molecule has 18 heavy (non-hydrogen) atoms. The van der Waals surface area contributed by atoms with Crippen molar-refractivity contribution in [3.63, 3.8) is 0 Å². The van der Waals surface area contributed by atoms with Crippen molar-refractivity contribution in [1.82, 2.24) is 9.38 Å². The molecule has 2 heterocycles. The lowest BCUT2D eigenvalue weighted by Crippen LogP contribution is -2.15. The molecule has 0 saturated carbocycles. The number of pyridine rings is 1. The Labute approximate surface area is 114 Å². The van der Waals surface area contributed by atoms with Crippen molar-refractivity contribution in [1.29, 1.82) is 0 Å². The fraction of sp³-hybridized carbons (Fsp3) is 0.333. The standard InChI is InChI=1S/C12H13ClN2O2S/c1-2-10(12(16)17)18-7-9-6-15-5-8(13)3-4-11(15)14-9/h3-6,10H,2,7H2,1H3,(H,16,17). The SMILES string of the molecule is CCC(SCc1cn2cc(Cl)ccc2n1)C(=O)O. The van der Waals surface area contributed by atoms with E-state index in [1.54, 1.807) is 12.3 Å². The predicted octanol–water partition coefficient (Wildman–Crippen LogP) is 3.08. The van der Waals surface area contributed by atoms with Crippen LogP contribution in [0.3, 0.4) is 0 Å². The smallest absolute Gasteiger partial charge is 0.316 e. The zero-order chi connectivity index (χ0) is 13.1. The third kappa shape index (κ3) is 2.97. The number of nitrogens with zero attached hydrogens (tertiary/aromatic N) is 2. The van der Waals surface area contributed by atoms with Gasteiger partial charge in [-0.05, 0) is 18.6 Å². The number of carbonyl (C=O) groups is 1. The Morgan fingerprint density at radius 3 is 3.00 bits per heavy atom. The van der Waals surface area contributed by atoms with Crippen LogP contribution in [-0.2, 0) is 10.5 Å². The molecule has 2 rings (SSSR count). The van der Waals surface area contributed by atoms with Gasteiger partial charge < -0.3 is 9.51 Å². The summed E-state index contributed by atoms with van der Waals surface area (Å²) in [4.78, 5) is 15.3. The minimum absolute atomic E-state index is 0.376. The number of imidazole rings is 1. The fourth-order valence-corrected chi connectivity index (χ4v) is 2.69. The molecule has 0 fully saturated rings. The number of hydrogen-bond donors (Lipinski definition) is 1. The summed E-state index contributed by atoms with van der Waals surface area (Å²) < 4.78 is 1.85. The molecule has 1 unspecified atom stereocenters. The van der Waals surface area contributed by atoms with Gasteiger partial charge in [-0.25, -0.2) is 4.98 Å². The Balaban J connectivity index is 2.10. The highest BCUT2D eigenvalue weighted by Crippen LogP contribution is 2.21. The van der Waals surface area contributed by atoms with Crippen LogP contribution in [0.1, 0.15) is 19.0 Å². The molecule has 1 atom stereocenters. The van der Waals surface area contributed by atoms with Crippen LogP contribution in [-0.4, -0.2) is 25.7 Å². The molecule has 0 bridgehead atoms. The first kappa shape index (κ1) is 13.2. The van der Waals surface area contributed by atoms with Crippen molar-refractivity contribution >= 4 is 35.0 Å². The lowest BCUT2D eigenvalue weighted by molar-refractivity contribution is -0.136. The summed E-state index contributed by atoms with van der Waals surface area (Å²) in [7, 11) is 0. The summed E-state index contributed by atoms with van der Waals surface area (Å²) in [6, 6.07) is 3.62. The van der Waals surface area contributed by atoms with E-state index in [4.69, 9.17) is 16.7 Å². The van der Waals surface area contributed by atoms with Crippen LogP contribution in [0.5, 0.6) is 0 Å². The van der Waals surface area contributed by atoms with E-state index in [-0.39, 0.29) is 5.25 Å². The highest BCUT2D eigenvalue weighted by molar-refractivity contribution is 7.99. The molecule has 1 N–H and O–H groups in total. The number of rotatable bonds is 5. The molecule has 0 aliphatic rings. The van der Waals surface area contributed by atoms with E-state index in [1.165, 1.54) is 11.8 Å². The molecule has 0 amide bonds. The van der Waals surface area contributed by atoms with Crippen molar-refractivity contribution in [3.8, 4) is 0 Å². The average molecular weight is 285 g/mol. The van der Waals surface area contributed by atoms with Crippen molar-refractivity contribution in [2.45, 2.75) is 24.3 Å². The fourth-order valence-electron chi connectivity index (χ4n) is 1.64. The van der Waals surface area contributed by atoms with E-state index in [9.17, 15) is 4.79 Å². The van der Waals surface area contributed by atoms with E-state index in [1.807, 2.05) is 23.6 Å². The van der Waals surface area contributed by atoms with Crippen LogP contribution < -0.4 is 0 Å². The Kier molecular flexibility index (Phi) is 4.14. The summed E-state index contributed by atoms with van der Waals surface area (Å²) in [6.45, 7) is 1.87. The molecule has 96 valence electrons. The van der Waals surface area contributed by atoms with Gasteiger partial charge in [0.05, 0.1) is 10.7 Å². The molecule has 6 heteroatoms. The van der Waals surface area contributed by atoms with Crippen molar-refractivity contribution in [2.24, 2.45) is 0 Å². The summed E-state index contributed by atoms with van der Waals surface area (Å²) >= 11 is 7.28. The van der Waals surface area contributed by atoms with Gasteiger partial charge in [0.15, 0.2) is 0 Å². The Hall–Kier alpha value is -1.20. The van der Waals surface area contributed by atoms with Gasteiger partial charge in [0.1, 0.15) is 10.9 Å². The minimum atomic E-state index is -0.769. The van der Waals surface area contributed by atoms with Crippen LogP contribution in [0.2, 0.25) is 5.02 Å². The average Bonchev–Trinajstić information content (AvgIpc) is 2.71. The Morgan fingerprint density at radius 1 is 1.56 bits per heavy atom. The molecule has 0 saturated heterocycles. The Bertz CT molecular complexity index is 570. The predicted molar refractivity (Wildman–Crippen MR) is 73.2 cm³/mol. The number of hydrogen-bond acceptors (Lipinski definition) is 3. The molecule has 2 aromatic rings. The zero-order valence-corrected chi connectivity index (χ0v) is 11.4. The molecule has 0 aliphatic heterocycles. The van der Waals surface area contributed by atoms with Gasteiger partial charge in [0.2, 0.25) is 0 Å². The summed E-state index contributed by atoms with van der Waals surface area (Å²) in [5.41, 5.74) is 1.68. The molecule has 0 spiro atoms. The maximum Gasteiger partial charge on any atom is 0.316 e. The normalized spacial score (nSPS) is 12.8. The first-order chi connectivity index (χ1) is 8.60. The first-order valence-electron chi connectivity index (χ1n) is 5.57. The zero-order valence-electron chi connectivity index (χ0n) is 9.84. The quantitative estimate of drug-likeness (QED) is 0.917. The maximum atomic E-state index is 10.9. The van der Waals surface area contributed by atoms with Gasteiger partial charge >= 0.3 is 5.97 Å². The van der Waals surface area contributed by atoms with Crippen LogP contribution >= 0.6 is 23.4 Å². The van der Waals surface area contributed by atoms with Gasteiger partial charge in [-0.1, -0.05) is 18.5 Å². The van der Waals surface area contributed by atoms with E-state index in [2.05, 4.69) is 4.98 Å². The maximum absolute atomic E-state index is 10.9. The van der Waals surface area contributed by atoms with Crippen molar-refractivity contribution < 1.29 is 9.90 Å². The van der Waals surface area contributed by atoms with Crippen molar-refractivity contribution in [3.05, 3.63) is 35.2 Å². The number of thioether (sulfide) groups is 1. The van der Waals surface area contributed by atoms with Crippen LogP contribution in [0.15, 0.2) is 24.5 Å². The van der Waals surface area contributed by atoms with Crippen LogP contribution in [0, 0.1) is 0 Å². The third-order valence-corrected chi connectivity index (χ3v) is 4.17. The number of carboxylic acids is 1. The largest absolute Gasteiger partial charge is 0.480 e. The van der Waals surface area contributed by atoms with E-state index in [0.717, 1.165) is 11.3 Å². The topological polar surface area (TPSA) is 54.6 Å². The van der Waals surface area contributed by atoms with Gasteiger partial charge in [0.25, 0.3) is 0 Å².